The van der Waals surface area contributed by atoms with E-state index in [2.05, 4.69) is 19.6 Å². The monoisotopic (exact) mass is 340 g/mol. The van der Waals surface area contributed by atoms with Gasteiger partial charge in [-0.3, -0.25) is 9.48 Å². The molecule has 0 aliphatic carbocycles. The van der Waals surface area contributed by atoms with E-state index in [1.807, 2.05) is 35.7 Å². The molecule has 25 heavy (non-hydrogen) atoms. The number of carbonyl (C=O) groups excluding carboxylic acids is 1. The van der Waals surface area contributed by atoms with Gasteiger partial charge in [0.25, 0.3) is 5.91 Å². The van der Waals surface area contributed by atoms with Crippen LogP contribution < -0.4 is 0 Å². The van der Waals surface area contributed by atoms with Gasteiger partial charge in [0.15, 0.2) is 0 Å². The van der Waals surface area contributed by atoms with Crippen molar-refractivity contribution in [1.29, 1.82) is 0 Å². The Hall–Kier alpha value is -2.90. The molecule has 0 spiro atoms. The first-order valence-electron chi connectivity index (χ1n) is 8.29. The molecule has 0 unspecified atom stereocenters. The van der Waals surface area contributed by atoms with Crippen molar-refractivity contribution in [3.05, 3.63) is 54.0 Å². The summed E-state index contributed by atoms with van der Waals surface area (Å²) in [5.41, 5.74) is 0.622. The number of hydrogen-bond donors (Lipinski definition) is 0. The molecule has 0 bridgehead atoms. The fourth-order valence-electron chi connectivity index (χ4n) is 3.42. The molecule has 3 aromatic heterocycles. The van der Waals surface area contributed by atoms with E-state index in [0.29, 0.717) is 31.0 Å². The van der Waals surface area contributed by atoms with E-state index in [0.717, 1.165) is 18.1 Å². The van der Waals surface area contributed by atoms with E-state index in [4.69, 9.17) is 4.42 Å². The fourth-order valence-corrected chi connectivity index (χ4v) is 3.42. The Morgan fingerprint density at radius 2 is 2.24 bits per heavy atom. The van der Waals surface area contributed by atoms with E-state index in [1.54, 1.807) is 12.5 Å². The van der Waals surface area contributed by atoms with Crippen LogP contribution >= 0.6 is 0 Å². The smallest absolute Gasteiger partial charge is 0.257 e. The molecule has 0 N–H and O–H groups in total. The number of nitrogens with zero attached hydrogens (tertiary/aromatic N) is 6. The van der Waals surface area contributed by atoms with Gasteiger partial charge in [0.2, 0.25) is 0 Å². The average Bonchev–Trinajstić information content (AvgIpc) is 3.28. The molecule has 1 aliphatic heterocycles. The number of rotatable bonds is 3. The Bertz CT molecular complexity index is 879. The minimum absolute atomic E-state index is 0.0191. The number of carbonyl (C=O) groups is 1. The van der Waals surface area contributed by atoms with E-state index >= 15 is 0 Å². The summed E-state index contributed by atoms with van der Waals surface area (Å²) >= 11 is 0. The average molecular weight is 340 g/mol. The Morgan fingerprint density at radius 1 is 1.36 bits per heavy atom. The van der Waals surface area contributed by atoms with Crippen LogP contribution in [0.15, 0.2) is 35.5 Å². The Morgan fingerprint density at radius 3 is 2.96 bits per heavy atom. The van der Waals surface area contributed by atoms with Crippen LogP contribution in [0, 0.1) is 19.8 Å². The highest BCUT2D eigenvalue weighted by Gasteiger charge is 2.28. The fraction of sp³-hybridized carbons (Fsp3) is 0.412. The largest absolute Gasteiger partial charge is 0.466 e. The lowest BCUT2D eigenvalue weighted by Crippen LogP contribution is -2.35. The highest BCUT2D eigenvalue weighted by molar-refractivity contribution is 5.95. The molecule has 1 atom stereocenters. The van der Waals surface area contributed by atoms with Gasteiger partial charge in [-0.2, -0.15) is 5.10 Å². The molecule has 130 valence electrons. The normalized spacial score (nSPS) is 17.4. The van der Waals surface area contributed by atoms with Crippen LogP contribution in [-0.4, -0.2) is 41.7 Å². The lowest BCUT2D eigenvalue weighted by atomic mass is 10.1. The summed E-state index contributed by atoms with van der Waals surface area (Å²) in [4.78, 5) is 23.3. The Balaban J connectivity index is 1.62. The number of aromatic nitrogens is 5. The van der Waals surface area contributed by atoms with Gasteiger partial charge in [-0.1, -0.05) is 0 Å². The summed E-state index contributed by atoms with van der Waals surface area (Å²) in [6.07, 6.45) is 6.98. The van der Waals surface area contributed by atoms with Crippen LogP contribution in [0.2, 0.25) is 0 Å². The molecular formula is C17H20N6O2. The van der Waals surface area contributed by atoms with Crippen molar-refractivity contribution >= 4 is 5.91 Å². The van der Waals surface area contributed by atoms with Crippen molar-refractivity contribution in [3.63, 3.8) is 0 Å². The SMILES string of the molecule is Cc1cc(C(=O)N2Cc3nccn3C[C@H](Cn3cncn3)C2)c(C)o1. The molecule has 0 fully saturated rings. The lowest BCUT2D eigenvalue weighted by molar-refractivity contribution is 0.0711. The van der Waals surface area contributed by atoms with E-state index in [-0.39, 0.29) is 11.8 Å². The number of hydrogen-bond acceptors (Lipinski definition) is 5. The second kappa shape index (κ2) is 6.19. The molecule has 1 amide bonds. The van der Waals surface area contributed by atoms with Crippen molar-refractivity contribution in [2.24, 2.45) is 5.92 Å². The van der Waals surface area contributed by atoms with Crippen molar-refractivity contribution in [2.75, 3.05) is 6.54 Å². The zero-order valence-electron chi connectivity index (χ0n) is 14.3. The van der Waals surface area contributed by atoms with E-state index < -0.39 is 0 Å². The lowest BCUT2D eigenvalue weighted by Gasteiger charge is -2.23. The predicted octanol–water partition coefficient (Wildman–Crippen LogP) is 1.66. The molecule has 3 aromatic rings. The maximum atomic E-state index is 13.1. The summed E-state index contributed by atoms with van der Waals surface area (Å²) in [6, 6.07) is 1.81. The number of amides is 1. The highest BCUT2D eigenvalue weighted by atomic mass is 16.3. The molecule has 0 aromatic carbocycles. The molecule has 4 heterocycles. The number of aryl methyl sites for hydroxylation is 2. The molecule has 0 saturated carbocycles. The molecular weight excluding hydrogens is 320 g/mol. The number of fused-ring (bicyclic) bond motifs is 1. The van der Waals surface area contributed by atoms with Gasteiger partial charge in [0.1, 0.15) is 30.0 Å². The molecule has 1 aliphatic rings. The van der Waals surface area contributed by atoms with Crippen molar-refractivity contribution in [1.82, 2.24) is 29.2 Å². The standard InChI is InChI=1S/C17H20N6O2/c1-12-5-15(13(2)25-12)17(24)22-7-14(8-23-11-18-10-20-23)6-21-4-3-19-16(21)9-22/h3-5,10-11,14H,6-9H2,1-2H3/t14-/m0/s1. The summed E-state index contributed by atoms with van der Waals surface area (Å²) in [5, 5.41) is 4.19. The van der Waals surface area contributed by atoms with Crippen LogP contribution in [0.1, 0.15) is 27.7 Å². The molecule has 4 rings (SSSR count). The topological polar surface area (TPSA) is 82.0 Å². The van der Waals surface area contributed by atoms with E-state index in [9.17, 15) is 4.79 Å². The molecule has 0 radical (unpaired) electrons. The van der Waals surface area contributed by atoms with Crippen molar-refractivity contribution < 1.29 is 9.21 Å². The maximum absolute atomic E-state index is 13.1. The van der Waals surface area contributed by atoms with Gasteiger partial charge < -0.3 is 13.9 Å². The Kier molecular flexibility index (Phi) is 3.87. The second-order valence-electron chi connectivity index (χ2n) is 6.49. The first kappa shape index (κ1) is 15.6. The van der Waals surface area contributed by atoms with Crippen LogP contribution in [0.3, 0.4) is 0 Å². The second-order valence-corrected chi connectivity index (χ2v) is 6.49. The van der Waals surface area contributed by atoms with Crippen LogP contribution in [0.25, 0.3) is 0 Å². The number of imidazole rings is 1. The zero-order valence-corrected chi connectivity index (χ0v) is 14.3. The summed E-state index contributed by atoms with van der Waals surface area (Å²) in [6.45, 7) is 6.29. The maximum Gasteiger partial charge on any atom is 0.257 e. The van der Waals surface area contributed by atoms with Gasteiger partial charge in [-0.05, 0) is 19.9 Å². The Labute approximate surface area is 145 Å². The number of furan rings is 1. The van der Waals surface area contributed by atoms with Gasteiger partial charge in [0, 0.05) is 37.9 Å². The third-order valence-electron chi connectivity index (χ3n) is 4.54. The van der Waals surface area contributed by atoms with Gasteiger partial charge in [-0.25, -0.2) is 9.97 Å². The summed E-state index contributed by atoms with van der Waals surface area (Å²) in [5.74, 6) is 2.50. The molecule has 8 nitrogen and oxygen atoms in total. The highest BCUT2D eigenvalue weighted by Crippen LogP contribution is 2.22. The zero-order chi connectivity index (χ0) is 17.4. The first-order valence-corrected chi connectivity index (χ1v) is 8.29. The first-order chi connectivity index (χ1) is 12.1. The van der Waals surface area contributed by atoms with Crippen LogP contribution in [0.5, 0.6) is 0 Å². The van der Waals surface area contributed by atoms with Crippen molar-refractivity contribution in [2.45, 2.75) is 33.5 Å². The van der Waals surface area contributed by atoms with Crippen LogP contribution in [0.4, 0.5) is 0 Å². The third-order valence-corrected chi connectivity index (χ3v) is 4.54. The summed E-state index contributed by atoms with van der Waals surface area (Å²) in [7, 11) is 0. The van der Waals surface area contributed by atoms with E-state index in [1.165, 1.54) is 6.33 Å². The quantitative estimate of drug-likeness (QED) is 0.724. The summed E-state index contributed by atoms with van der Waals surface area (Å²) < 4.78 is 9.46. The minimum Gasteiger partial charge on any atom is -0.466 e. The minimum atomic E-state index is -0.0191. The van der Waals surface area contributed by atoms with Gasteiger partial charge in [-0.15, -0.1) is 0 Å². The van der Waals surface area contributed by atoms with Gasteiger partial charge >= 0.3 is 0 Å². The molecule has 8 heteroatoms. The van der Waals surface area contributed by atoms with Crippen molar-refractivity contribution in [3.8, 4) is 0 Å². The predicted molar refractivity (Wildman–Crippen MR) is 88.7 cm³/mol. The third kappa shape index (κ3) is 3.07. The van der Waals surface area contributed by atoms with Crippen LogP contribution in [-0.2, 0) is 19.6 Å². The molecule has 0 saturated heterocycles. The van der Waals surface area contributed by atoms with Gasteiger partial charge in [0.05, 0.1) is 12.1 Å².